The first-order chi connectivity index (χ1) is 11.9. The Kier molecular flexibility index (Phi) is 6.65. The molecule has 0 aliphatic heterocycles. The second-order valence-corrected chi connectivity index (χ2v) is 7.26. The second kappa shape index (κ2) is 8.52. The van der Waals surface area contributed by atoms with E-state index < -0.39 is 0 Å². The molecule has 2 rings (SSSR count). The molecule has 1 fully saturated rings. The molecular weight excluding hydrogens is 316 g/mol. The number of hydrogen-bond acceptors (Lipinski definition) is 4. The summed E-state index contributed by atoms with van der Waals surface area (Å²) in [6.45, 7) is 6.88. The zero-order valence-electron chi connectivity index (χ0n) is 15.8. The first-order valence-electron chi connectivity index (χ1n) is 8.80. The zero-order valence-corrected chi connectivity index (χ0v) is 15.8. The van der Waals surface area contributed by atoms with Gasteiger partial charge >= 0.3 is 5.97 Å². The maximum absolute atomic E-state index is 12.0. The van der Waals surface area contributed by atoms with Crippen LogP contribution in [0, 0.1) is 11.3 Å². The average Bonchev–Trinajstić information content (AvgIpc) is 2.61. The molecule has 0 aromatic heterocycles. The van der Waals surface area contributed by atoms with Crippen LogP contribution in [0.3, 0.4) is 0 Å². The minimum absolute atomic E-state index is 0.167. The lowest BCUT2D eigenvalue weighted by molar-refractivity contribution is -0.145. The summed E-state index contributed by atoms with van der Waals surface area (Å²) in [6.07, 6.45) is 3.24. The number of ether oxygens (including phenoxy) is 3. The minimum atomic E-state index is -0.182. The van der Waals surface area contributed by atoms with Gasteiger partial charge in [-0.2, -0.15) is 0 Å². The van der Waals surface area contributed by atoms with Crippen LogP contribution in [0.4, 0.5) is 0 Å². The van der Waals surface area contributed by atoms with Crippen LogP contribution in [0.25, 0.3) is 0 Å². The summed E-state index contributed by atoms with van der Waals surface area (Å²) in [5, 5.41) is 0. The number of benzene rings is 1. The third kappa shape index (κ3) is 4.63. The number of carbonyl (C=O) groups excluding carboxylic acids is 1. The van der Waals surface area contributed by atoms with E-state index in [9.17, 15) is 4.79 Å². The van der Waals surface area contributed by atoms with Crippen molar-refractivity contribution in [3.63, 3.8) is 0 Å². The molecule has 0 amide bonds. The molecule has 0 unspecified atom stereocenters. The average molecular weight is 346 g/mol. The molecule has 1 aromatic rings. The van der Waals surface area contributed by atoms with Crippen molar-refractivity contribution in [1.82, 2.24) is 0 Å². The lowest BCUT2D eigenvalue weighted by Gasteiger charge is -2.44. The topological polar surface area (TPSA) is 44.8 Å². The Morgan fingerprint density at radius 2 is 1.92 bits per heavy atom. The van der Waals surface area contributed by atoms with E-state index in [0.29, 0.717) is 24.9 Å². The molecule has 0 spiro atoms. The lowest BCUT2D eigenvalue weighted by Crippen LogP contribution is -2.38. The van der Waals surface area contributed by atoms with Crippen LogP contribution in [-0.2, 0) is 14.3 Å². The third-order valence-corrected chi connectivity index (χ3v) is 5.50. The van der Waals surface area contributed by atoms with Crippen molar-refractivity contribution in [2.24, 2.45) is 11.3 Å². The van der Waals surface area contributed by atoms with Crippen LogP contribution in [-0.4, -0.2) is 33.9 Å². The van der Waals surface area contributed by atoms with Gasteiger partial charge in [0, 0.05) is 12.5 Å². The Morgan fingerprint density at radius 1 is 1.24 bits per heavy atom. The molecule has 1 aromatic carbocycles. The molecule has 1 aliphatic carbocycles. The molecule has 25 heavy (non-hydrogen) atoms. The molecule has 4 heteroatoms. The van der Waals surface area contributed by atoms with Gasteiger partial charge < -0.3 is 14.2 Å². The summed E-state index contributed by atoms with van der Waals surface area (Å²) in [6, 6.07) is 8.25. The van der Waals surface area contributed by atoms with Gasteiger partial charge in [0.05, 0.1) is 27.2 Å². The molecule has 0 saturated heterocycles. The lowest BCUT2D eigenvalue weighted by atomic mass is 9.61. The number of allylic oxidation sites excluding steroid dienone is 1. The van der Waals surface area contributed by atoms with Gasteiger partial charge in [-0.05, 0) is 55.7 Å². The van der Waals surface area contributed by atoms with Crippen LogP contribution < -0.4 is 4.74 Å². The van der Waals surface area contributed by atoms with Gasteiger partial charge in [-0.15, -0.1) is 0 Å². The zero-order chi connectivity index (χ0) is 18.4. The normalized spacial score (nSPS) is 26.1. The van der Waals surface area contributed by atoms with E-state index in [1.54, 1.807) is 14.2 Å². The first kappa shape index (κ1) is 19.5. The number of rotatable bonds is 7. The van der Waals surface area contributed by atoms with E-state index in [1.165, 1.54) is 18.2 Å². The molecule has 4 nitrogen and oxygen atoms in total. The fraction of sp³-hybridized carbons (Fsp3) is 0.571. The monoisotopic (exact) mass is 346 g/mol. The molecular formula is C21H30O4. The highest BCUT2D eigenvalue weighted by molar-refractivity contribution is 5.70. The third-order valence-electron chi connectivity index (χ3n) is 5.50. The van der Waals surface area contributed by atoms with E-state index in [2.05, 4.69) is 25.6 Å². The summed E-state index contributed by atoms with van der Waals surface area (Å²) in [7, 11) is 4.82. The predicted octanol–water partition coefficient (Wildman–Crippen LogP) is 4.35. The molecule has 1 aliphatic rings. The van der Waals surface area contributed by atoms with Crippen LogP contribution in [0.2, 0.25) is 0 Å². The first-order valence-corrected chi connectivity index (χ1v) is 8.80. The molecule has 0 heterocycles. The van der Waals surface area contributed by atoms with Crippen LogP contribution in [0.1, 0.15) is 44.1 Å². The minimum Gasteiger partial charge on any atom is -0.497 e. The van der Waals surface area contributed by atoms with E-state index in [4.69, 9.17) is 14.2 Å². The van der Waals surface area contributed by atoms with Crippen molar-refractivity contribution in [3.05, 3.63) is 42.0 Å². The molecule has 0 bridgehead atoms. The number of methoxy groups -OCH3 is 3. The summed E-state index contributed by atoms with van der Waals surface area (Å²) >= 11 is 0. The van der Waals surface area contributed by atoms with E-state index in [1.807, 2.05) is 12.1 Å². The van der Waals surface area contributed by atoms with Crippen LogP contribution in [0.15, 0.2) is 36.4 Å². The smallest absolute Gasteiger partial charge is 0.306 e. The van der Waals surface area contributed by atoms with Crippen molar-refractivity contribution >= 4 is 5.97 Å². The highest BCUT2D eigenvalue weighted by atomic mass is 16.5. The highest BCUT2D eigenvalue weighted by Gasteiger charge is 2.43. The summed E-state index contributed by atoms with van der Waals surface area (Å²) in [4.78, 5) is 12.0. The molecule has 138 valence electrons. The van der Waals surface area contributed by atoms with Crippen LogP contribution in [0.5, 0.6) is 5.75 Å². The molecule has 3 atom stereocenters. The van der Waals surface area contributed by atoms with Gasteiger partial charge in [-0.25, -0.2) is 0 Å². The molecule has 1 saturated carbocycles. The largest absolute Gasteiger partial charge is 0.497 e. The summed E-state index contributed by atoms with van der Waals surface area (Å²) in [5.74, 6) is 1.41. The van der Waals surface area contributed by atoms with Crippen molar-refractivity contribution in [2.75, 3.05) is 27.9 Å². The van der Waals surface area contributed by atoms with Crippen molar-refractivity contribution in [1.29, 1.82) is 0 Å². The van der Waals surface area contributed by atoms with Gasteiger partial charge in [-0.3, -0.25) is 4.79 Å². The van der Waals surface area contributed by atoms with Gasteiger partial charge in [-0.1, -0.05) is 24.3 Å². The number of hydrogen-bond donors (Lipinski definition) is 0. The fourth-order valence-electron chi connectivity index (χ4n) is 4.19. The highest BCUT2D eigenvalue weighted by Crippen LogP contribution is 2.51. The second-order valence-electron chi connectivity index (χ2n) is 7.26. The Morgan fingerprint density at radius 3 is 2.44 bits per heavy atom. The maximum Gasteiger partial charge on any atom is 0.306 e. The van der Waals surface area contributed by atoms with Crippen molar-refractivity contribution < 1.29 is 19.0 Å². The Labute approximate surface area is 151 Å². The SMILES string of the molecule is C=C(C)[C@@H]1CC[C@@](COC)(CC(=O)OC)C[C@H]1c1ccc(OC)cc1. The van der Waals surface area contributed by atoms with E-state index in [-0.39, 0.29) is 11.4 Å². The number of esters is 1. The predicted molar refractivity (Wildman–Crippen MR) is 98.8 cm³/mol. The summed E-state index contributed by atoms with van der Waals surface area (Å²) in [5.41, 5.74) is 2.28. The Bertz CT molecular complexity index is 592. The maximum atomic E-state index is 12.0. The quantitative estimate of drug-likeness (QED) is 0.544. The Hall–Kier alpha value is -1.81. The molecule has 0 N–H and O–H groups in total. The van der Waals surface area contributed by atoms with Gasteiger partial charge in [0.2, 0.25) is 0 Å². The Balaban J connectivity index is 2.32. The van der Waals surface area contributed by atoms with Crippen LogP contribution >= 0.6 is 0 Å². The van der Waals surface area contributed by atoms with E-state index >= 15 is 0 Å². The van der Waals surface area contributed by atoms with Crippen molar-refractivity contribution in [2.45, 2.75) is 38.5 Å². The standard InChI is InChI=1S/C21H30O4/c1-15(2)18-10-11-21(14-23-3,13-20(22)25-5)12-19(18)16-6-8-17(24-4)9-7-16/h6-9,18-19H,1,10-14H2,2-5H3/t18-,19-,21-/m0/s1. The van der Waals surface area contributed by atoms with Crippen molar-refractivity contribution in [3.8, 4) is 5.75 Å². The fourth-order valence-corrected chi connectivity index (χ4v) is 4.19. The van der Waals surface area contributed by atoms with Gasteiger partial charge in [0.1, 0.15) is 5.75 Å². The summed E-state index contributed by atoms with van der Waals surface area (Å²) < 4.78 is 15.7. The van der Waals surface area contributed by atoms with E-state index in [0.717, 1.165) is 25.0 Å². The number of carbonyl (C=O) groups is 1. The molecule has 0 radical (unpaired) electrons. The van der Waals surface area contributed by atoms with Gasteiger partial charge in [0.25, 0.3) is 0 Å². The van der Waals surface area contributed by atoms with Gasteiger partial charge in [0.15, 0.2) is 0 Å².